The van der Waals surface area contributed by atoms with Crippen molar-refractivity contribution in [2.24, 2.45) is 0 Å². The quantitative estimate of drug-likeness (QED) is 0.750. The number of hydrogen-bond acceptors (Lipinski definition) is 3. The zero-order valence-corrected chi connectivity index (χ0v) is 17.2. The summed E-state index contributed by atoms with van der Waals surface area (Å²) >= 11 is 0. The lowest BCUT2D eigenvalue weighted by molar-refractivity contribution is -0.120. The first-order valence-corrected chi connectivity index (χ1v) is 10.7. The van der Waals surface area contributed by atoms with Crippen molar-refractivity contribution in [3.63, 3.8) is 0 Å². The first kappa shape index (κ1) is 21.0. The fourth-order valence-corrected chi connectivity index (χ4v) is 4.20. The monoisotopic (exact) mass is 388 g/mol. The van der Waals surface area contributed by atoms with Gasteiger partial charge in [-0.2, -0.15) is 0 Å². The topological polar surface area (TPSA) is 66.5 Å². The second-order valence-electron chi connectivity index (χ2n) is 6.68. The maximum absolute atomic E-state index is 13.3. The molecule has 2 rings (SSSR count). The van der Waals surface area contributed by atoms with Gasteiger partial charge in [0, 0.05) is 6.04 Å². The number of para-hydroxylation sites is 1. The summed E-state index contributed by atoms with van der Waals surface area (Å²) in [5.41, 5.74) is 2.40. The Kier molecular flexibility index (Phi) is 7.02. The number of sulfonamides is 1. The van der Waals surface area contributed by atoms with Gasteiger partial charge in [0.2, 0.25) is 5.91 Å². The van der Waals surface area contributed by atoms with Crippen molar-refractivity contribution >= 4 is 21.6 Å². The van der Waals surface area contributed by atoms with Crippen LogP contribution in [0.15, 0.2) is 53.4 Å². The average Bonchev–Trinajstić information content (AvgIpc) is 2.66. The Balaban J connectivity index is 2.49. The van der Waals surface area contributed by atoms with Crippen LogP contribution >= 0.6 is 0 Å². The molecule has 0 saturated carbocycles. The third-order valence-corrected chi connectivity index (χ3v) is 6.33. The van der Waals surface area contributed by atoms with E-state index in [-0.39, 0.29) is 23.4 Å². The molecule has 0 heterocycles. The van der Waals surface area contributed by atoms with Gasteiger partial charge in [-0.3, -0.25) is 9.10 Å². The van der Waals surface area contributed by atoms with Crippen LogP contribution in [0.1, 0.15) is 38.3 Å². The third-order valence-electron chi connectivity index (χ3n) is 4.56. The number of carbonyl (C=O) groups is 1. The van der Waals surface area contributed by atoms with Crippen molar-refractivity contribution in [2.75, 3.05) is 10.8 Å². The summed E-state index contributed by atoms with van der Waals surface area (Å²) in [5, 5.41) is 2.85. The molecule has 2 aromatic carbocycles. The molecule has 1 unspecified atom stereocenters. The number of nitrogens with zero attached hydrogens (tertiary/aromatic N) is 1. The number of aryl methyl sites for hydroxylation is 2. The fraction of sp³-hybridized carbons (Fsp3) is 0.381. The Morgan fingerprint density at radius 1 is 1.07 bits per heavy atom. The summed E-state index contributed by atoms with van der Waals surface area (Å²) in [4.78, 5) is 12.7. The van der Waals surface area contributed by atoms with Crippen LogP contribution in [0.3, 0.4) is 0 Å². The summed E-state index contributed by atoms with van der Waals surface area (Å²) in [6.07, 6.45) is 1.45. The van der Waals surface area contributed by atoms with Crippen molar-refractivity contribution in [2.45, 2.75) is 51.5 Å². The Morgan fingerprint density at radius 3 is 2.30 bits per heavy atom. The Bertz CT molecular complexity index is 877. The predicted octanol–water partition coefficient (Wildman–Crippen LogP) is 3.67. The summed E-state index contributed by atoms with van der Waals surface area (Å²) in [6.45, 7) is 7.49. The molecule has 5 nitrogen and oxygen atoms in total. The molecule has 0 saturated heterocycles. The van der Waals surface area contributed by atoms with E-state index < -0.39 is 10.0 Å². The number of rotatable bonds is 8. The normalized spacial score (nSPS) is 12.4. The molecule has 0 radical (unpaired) electrons. The van der Waals surface area contributed by atoms with Crippen LogP contribution in [0.5, 0.6) is 0 Å². The van der Waals surface area contributed by atoms with Gasteiger partial charge >= 0.3 is 0 Å². The van der Waals surface area contributed by atoms with Crippen LogP contribution in [0, 0.1) is 6.92 Å². The maximum atomic E-state index is 13.3. The number of hydrogen-bond donors (Lipinski definition) is 1. The minimum Gasteiger partial charge on any atom is -0.352 e. The van der Waals surface area contributed by atoms with Crippen LogP contribution in [-0.4, -0.2) is 26.9 Å². The molecule has 27 heavy (non-hydrogen) atoms. The average molecular weight is 389 g/mol. The molecule has 0 aromatic heterocycles. The van der Waals surface area contributed by atoms with Crippen molar-refractivity contribution in [1.82, 2.24) is 5.32 Å². The zero-order valence-electron chi connectivity index (χ0n) is 16.4. The second-order valence-corrected chi connectivity index (χ2v) is 8.55. The molecular formula is C21H28N2O3S. The van der Waals surface area contributed by atoms with Crippen LogP contribution in [0.2, 0.25) is 0 Å². The van der Waals surface area contributed by atoms with E-state index in [4.69, 9.17) is 0 Å². The molecule has 0 aliphatic rings. The molecule has 1 atom stereocenters. The van der Waals surface area contributed by atoms with E-state index in [1.165, 1.54) is 4.31 Å². The molecular weight excluding hydrogens is 360 g/mol. The van der Waals surface area contributed by atoms with Crippen molar-refractivity contribution < 1.29 is 13.2 Å². The SMILES string of the molecule is CCc1ccccc1N(CC(=O)NC(C)CC)S(=O)(=O)c1ccc(C)cc1. The molecule has 0 aliphatic heterocycles. The standard InChI is InChI=1S/C21H28N2O3S/c1-5-17(4)22-21(24)15-23(20-10-8-7-9-18(20)6-2)27(25,26)19-13-11-16(3)12-14-19/h7-14,17H,5-6,15H2,1-4H3,(H,22,24). The molecule has 2 aromatic rings. The van der Waals surface area contributed by atoms with E-state index >= 15 is 0 Å². The lowest BCUT2D eigenvalue weighted by Crippen LogP contribution is -2.43. The first-order chi connectivity index (χ1) is 12.8. The minimum atomic E-state index is -3.87. The molecule has 146 valence electrons. The number of nitrogens with one attached hydrogen (secondary N) is 1. The van der Waals surface area contributed by atoms with Gasteiger partial charge in [-0.15, -0.1) is 0 Å². The minimum absolute atomic E-state index is 0.0113. The van der Waals surface area contributed by atoms with Gasteiger partial charge in [0.1, 0.15) is 6.54 Å². The van der Waals surface area contributed by atoms with Gasteiger partial charge in [-0.1, -0.05) is 49.7 Å². The Hall–Kier alpha value is -2.34. The number of amides is 1. The molecule has 0 fully saturated rings. The Labute approximate surface area is 162 Å². The number of benzene rings is 2. The first-order valence-electron chi connectivity index (χ1n) is 9.26. The number of anilines is 1. The van der Waals surface area contributed by atoms with E-state index in [2.05, 4.69) is 5.32 Å². The van der Waals surface area contributed by atoms with E-state index in [1.54, 1.807) is 36.4 Å². The van der Waals surface area contributed by atoms with Crippen LogP contribution in [0.4, 0.5) is 5.69 Å². The third kappa shape index (κ3) is 5.10. The summed E-state index contributed by atoms with van der Waals surface area (Å²) in [5.74, 6) is -0.314. The van der Waals surface area contributed by atoms with Gasteiger partial charge in [-0.25, -0.2) is 8.42 Å². The van der Waals surface area contributed by atoms with E-state index in [9.17, 15) is 13.2 Å². The zero-order chi connectivity index (χ0) is 20.0. The molecule has 0 bridgehead atoms. The smallest absolute Gasteiger partial charge is 0.264 e. The lowest BCUT2D eigenvalue weighted by Gasteiger charge is -2.26. The van der Waals surface area contributed by atoms with E-state index in [0.717, 1.165) is 17.5 Å². The fourth-order valence-electron chi connectivity index (χ4n) is 2.74. The maximum Gasteiger partial charge on any atom is 0.264 e. The van der Waals surface area contributed by atoms with Gasteiger partial charge in [-0.05, 0) is 50.5 Å². The van der Waals surface area contributed by atoms with Gasteiger partial charge < -0.3 is 5.32 Å². The Morgan fingerprint density at radius 2 is 1.70 bits per heavy atom. The van der Waals surface area contributed by atoms with Gasteiger partial charge in [0.05, 0.1) is 10.6 Å². The highest BCUT2D eigenvalue weighted by atomic mass is 32.2. The molecule has 0 aliphatic carbocycles. The van der Waals surface area contributed by atoms with Crippen molar-refractivity contribution in [1.29, 1.82) is 0 Å². The highest BCUT2D eigenvalue weighted by molar-refractivity contribution is 7.92. The largest absolute Gasteiger partial charge is 0.352 e. The second kappa shape index (κ2) is 9.04. The molecule has 0 spiro atoms. The number of carbonyl (C=O) groups excluding carboxylic acids is 1. The summed E-state index contributed by atoms with van der Waals surface area (Å²) in [7, 11) is -3.87. The van der Waals surface area contributed by atoms with Crippen molar-refractivity contribution in [3.05, 3.63) is 59.7 Å². The molecule has 1 N–H and O–H groups in total. The van der Waals surface area contributed by atoms with Crippen LogP contribution < -0.4 is 9.62 Å². The van der Waals surface area contributed by atoms with Crippen molar-refractivity contribution in [3.8, 4) is 0 Å². The molecule has 6 heteroatoms. The van der Waals surface area contributed by atoms with Gasteiger partial charge in [0.15, 0.2) is 0 Å². The molecule has 1 amide bonds. The van der Waals surface area contributed by atoms with E-state index in [0.29, 0.717) is 12.1 Å². The highest BCUT2D eigenvalue weighted by Crippen LogP contribution is 2.27. The predicted molar refractivity (Wildman–Crippen MR) is 109 cm³/mol. The summed E-state index contributed by atoms with van der Waals surface area (Å²) in [6, 6.07) is 14.0. The lowest BCUT2D eigenvalue weighted by atomic mass is 10.1. The highest BCUT2D eigenvalue weighted by Gasteiger charge is 2.28. The van der Waals surface area contributed by atoms with Crippen LogP contribution in [0.25, 0.3) is 0 Å². The summed E-state index contributed by atoms with van der Waals surface area (Å²) < 4.78 is 27.9. The van der Waals surface area contributed by atoms with Crippen LogP contribution in [-0.2, 0) is 21.2 Å². The van der Waals surface area contributed by atoms with E-state index in [1.807, 2.05) is 39.8 Å². The van der Waals surface area contributed by atoms with Gasteiger partial charge in [0.25, 0.3) is 10.0 Å².